The van der Waals surface area contributed by atoms with Crippen molar-refractivity contribution < 1.29 is 18.3 Å². The molecule has 0 saturated heterocycles. The summed E-state index contributed by atoms with van der Waals surface area (Å²) in [5.74, 6) is -0.852. The highest BCUT2D eigenvalue weighted by molar-refractivity contribution is 7.90. The average molecular weight is 256 g/mol. The Kier molecular flexibility index (Phi) is 2.86. The molecular weight excluding hydrogens is 244 g/mol. The van der Waals surface area contributed by atoms with Crippen molar-refractivity contribution >= 4 is 15.8 Å². The van der Waals surface area contributed by atoms with E-state index in [1.807, 2.05) is 0 Å². The van der Waals surface area contributed by atoms with Crippen LogP contribution < -0.4 is 0 Å². The predicted molar refractivity (Wildman–Crippen MR) is 59.3 cm³/mol. The molecule has 1 aromatic rings. The summed E-state index contributed by atoms with van der Waals surface area (Å²) in [6.45, 7) is 1.75. The number of rotatable bonds is 2. The number of sulfone groups is 1. The second kappa shape index (κ2) is 4.06. The van der Waals surface area contributed by atoms with Crippen molar-refractivity contribution in [3.63, 3.8) is 0 Å². The number of carboxylic acids is 1. The van der Waals surface area contributed by atoms with Crippen molar-refractivity contribution in [3.8, 4) is 0 Å². The van der Waals surface area contributed by atoms with Gasteiger partial charge >= 0.3 is 5.97 Å². The summed E-state index contributed by atoms with van der Waals surface area (Å²) < 4.78 is 23.0. The molecule has 2 rings (SSSR count). The van der Waals surface area contributed by atoms with E-state index in [2.05, 4.69) is 9.97 Å². The second-order valence-electron chi connectivity index (χ2n) is 4.06. The van der Waals surface area contributed by atoms with Gasteiger partial charge in [-0.1, -0.05) is 0 Å². The van der Waals surface area contributed by atoms with Gasteiger partial charge < -0.3 is 5.11 Å². The van der Waals surface area contributed by atoms with Crippen LogP contribution in [0.25, 0.3) is 0 Å². The molecule has 0 spiro atoms. The minimum absolute atomic E-state index is 0.113. The topological polar surface area (TPSA) is 97.2 Å². The third-order valence-electron chi connectivity index (χ3n) is 2.67. The number of fused-ring (bicyclic) bond motifs is 1. The van der Waals surface area contributed by atoms with Crippen LogP contribution in [0, 0.1) is 6.92 Å². The van der Waals surface area contributed by atoms with Crippen LogP contribution in [-0.2, 0) is 33.2 Å². The van der Waals surface area contributed by atoms with E-state index in [1.165, 1.54) is 0 Å². The number of carboxylic acid groups (broad SMARTS) is 1. The van der Waals surface area contributed by atoms with E-state index in [1.54, 1.807) is 6.92 Å². The van der Waals surface area contributed by atoms with Gasteiger partial charge in [0.05, 0.1) is 17.2 Å². The maximum Gasteiger partial charge on any atom is 0.311 e. The van der Waals surface area contributed by atoms with Crippen molar-refractivity contribution in [2.24, 2.45) is 0 Å². The molecule has 0 radical (unpaired) electrons. The molecule has 0 unspecified atom stereocenters. The monoisotopic (exact) mass is 256 g/mol. The van der Waals surface area contributed by atoms with Crippen LogP contribution in [0.3, 0.4) is 0 Å². The Labute approximate surface area is 98.6 Å². The summed E-state index contributed by atoms with van der Waals surface area (Å²) in [4.78, 5) is 18.7. The van der Waals surface area contributed by atoms with Gasteiger partial charge in [0.1, 0.15) is 12.2 Å². The summed E-state index contributed by atoms with van der Waals surface area (Å²) in [7, 11) is -3.10. The molecule has 2 heterocycles. The van der Waals surface area contributed by atoms with Gasteiger partial charge in [-0.15, -0.1) is 0 Å². The molecule has 6 nitrogen and oxygen atoms in total. The van der Waals surface area contributed by atoms with E-state index < -0.39 is 15.8 Å². The Morgan fingerprint density at radius 3 is 2.76 bits per heavy atom. The summed E-state index contributed by atoms with van der Waals surface area (Å²) in [6.07, 6.45) is 0.130. The molecule has 0 aliphatic carbocycles. The number of aryl methyl sites for hydroxylation is 1. The quantitative estimate of drug-likeness (QED) is 0.792. The standard InChI is InChI=1S/C10H12N2O4S/c1-6-7-2-3-17(15,16)5-8(7)12-9(11-6)4-10(13)14/h2-5H2,1H3,(H,13,14). The third kappa shape index (κ3) is 2.60. The number of aliphatic carboxylic acids is 1. The van der Waals surface area contributed by atoms with E-state index in [0.29, 0.717) is 17.8 Å². The first kappa shape index (κ1) is 12.0. The molecule has 0 amide bonds. The second-order valence-corrected chi connectivity index (χ2v) is 6.25. The van der Waals surface area contributed by atoms with Gasteiger partial charge in [-0.2, -0.15) is 0 Å². The van der Waals surface area contributed by atoms with Crippen LogP contribution in [0.15, 0.2) is 0 Å². The van der Waals surface area contributed by atoms with E-state index >= 15 is 0 Å². The van der Waals surface area contributed by atoms with Crippen molar-refractivity contribution in [1.82, 2.24) is 9.97 Å². The first-order chi connectivity index (χ1) is 7.87. The van der Waals surface area contributed by atoms with Crippen molar-refractivity contribution in [2.45, 2.75) is 25.5 Å². The van der Waals surface area contributed by atoms with Gasteiger partial charge in [0.15, 0.2) is 9.84 Å². The molecular formula is C10H12N2O4S. The normalized spacial score (nSPS) is 17.5. The Balaban J connectivity index is 2.45. The number of hydrogen-bond donors (Lipinski definition) is 1. The molecule has 1 aliphatic rings. The van der Waals surface area contributed by atoms with Gasteiger partial charge in [-0.25, -0.2) is 18.4 Å². The van der Waals surface area contributed by atoms with Crippen LogP contribution in [-0.4, -0.2) is 35.2 Å². The SMILES string of the molecule is Cc1nc(CC(=O)O)nc2c1CCS(=O)(=O)C2. The highest BCUT2D eigenvalue weighted by atomic mass is 32.2. The molecule has 1 aliphatic heterocycles. The summed E-state index contributed by atoms with van der Waals surface area (Å²) >= 11 is 0. The zero-order valence-electron chi connectivity index (χ0n) is 9.30. The molecule has 1 N–H and O–H groups in total. The van der Waals surface area contributed by atoms with Crippen LogP contribution in [0.1, 0.15) is 22.8 Å². The highest BCUT2D eigenvalue weighted by Crippen LogP contribution is 2.21. The highest BCUT2D eigenvalue weighted by Gasteiger charge is 2.25. The van der Waals surface area contributed by atoms with Gasteiger partial charge in [0, 0.05) is 5.69 Å². The molecule has 1 aromatic heterocycles. The number of aromatic nitrogens is 2. The third-order valence-corrected chi connectivity index (χ3v) is 4.21. The van der Waals surface area contributed by atoms with Crippen LogP contribution in [0.5, 0.6) is 0 Å². The lowest BCUT2D eigenvalue weighted by atomic mass is 10.1. The van der Waals surface area contributed by atoms with Crippen LogP contribution >= 0.6 is 0 Å². The average Bonchev–Trinajstić information content (AvgIpc) is 2.13. The smallest absolute Gasteiger partial charge is 0.311 e. The molecule has 0 atom stereocenters. The minimum Gasteiger partial charge on any atom is -0.481 e. The Bertz CT molecular complexity index is 580. The summed E-state index contributed by atoms with van der Waals surface area (Å²) in [5.41, 5.74) is 1.98. The molecule has 0 bridgehead atoms. The van der Waals surface area contributed by atoms with Crippen molar-refractivity contribution in [2.75, 3.05) is 5.75 Å². The number of nitrogens with zero attached hydrogens (tertiary/aromatic N) is 2. The Morgan fingerprint density at radius 1 is 1.41 bits per heavy atom. The van der Waals surface area contributed by atoms with Gasteiger partial charge in [-0.05, 0) is 18.9 Å². The Hall–Kier alpha value is -1.50. The molecule has 92 valence electrons. The summed E-state index contributed by atoms with van der Waals surface area (Å²) in [6, 6.07) is 0. The fourth-order valence-corrected chi connectivity index (χ4v) is 3.23. The van der Waals surface area contributed by atoms with E-state index in [-0.39, 0.29) is 23.8 Å². The fraction of sp³-hybridized carbons (Fsp3) is 0.500. The van der Waals surface area contributed by atoms with Crippen LogP contribution in [0.2, 0.25) is 0 Å². The zero-order valence-corrected chi connectivity index (χ0v) is 10.1. The van der Waals surface area contributed by atoms with Crippen LogP contribution in [0.4, 0.5) is 0 Å². The maximum atomic E-state index is 11.5. The minimum atomic E-state index is -3.10. The first-order valence-corrected chi connectivity index (χ1v) is 6.97. The first-order valence-electron chi connectivity index (χ1n) is 5.15. The molecule has 17 heavy (non-hydrogen) atoms. The van der Waals surface area contributed by atoms with E-state index in [0.717, 1.165) is 5.56 Å². The van der Waals surface area contributed by atoms with Crippen molar-refractivity contribution in [1.29, 1.82) is 0 Å². The lowest BCUT2D eigenvalue weighted by Gasteiger charge is -2.17. The predicted octanol–water partition coefficient (Wildman–Crippen LogP) is -0.117. The molecule has 0 aromatic carbocycles. The molecule has 0 fully saturated rings. The lowest BCUT2D eigenvalue weighted by Crippen LogP contribution is -2.23. The largest absolute Gasteiger partial charge is 0.481 e. The van der Waals surface area contributed by atoms with Gasteiger partial charge in [0.2, 0.25) is 0 Å². The van der Waals surface area contributed by atoms with Gasteiger partial charge in [-0.3, -0.25) is 4.79 Å². The number of carbonyl (C=O) groups is 1. The summed E-state index contributed by atoms with van der Waals surface area (Å²) in [5, 5.41) is 8.67. The van der Waals surface area contributed by atoms with Gasteiger partial charge in [0.25, 0.3) is 0 Å². The fourth-order valence-electron chi connectivity index (χ4n) is 1.92. The Morgan fingerprint density at radius 2 is 2.12 bits per heavy atom. The van der Waals surface area contributed by atoms with Crippen molar-refractivity contribution in [3.05, 3.63) is 22.8 Å². The van der Waals surface area contributed by atoms with E-state index in [4.69, 9.17) is 5.11 Å². The molecule has 0 saturated carbocycles. The van der Waals surface area contributed by atoms with E-state index in [9.17, 15) is 13.2 Å². The lowest BCUT2D eigenvalue weighted by molar-refractivity contribution is -0.136. The maximum absolute atomic E-state index is 11.5. The number of hydrogen-bond acceptors (Lipinski definition) is 5. The molecule has 7 heteroatoms. The zero-order chi connectivity index (χ0) is 12.6.